The van der Waals surface area contributed by atoms with Gasteiger partial charge in [-0.2, -0.15) is 0 Å². The van der Waals surface area contributed by atoms with Crippen molar-refractivity contribution in [2.24, 2.45) is 5.92 Å². The molecule has 2 fully saturated rings. The van der Waals surface area contributed by atoms with Gasteiger partial charge >= 0.3 is 0 Å². The van der Waals surface area contributed by atoms with E-state index in [9.17, 15) is 0 Å². The maximum Gasteiger partial charge on any atom is 0.0123 e. The quantitative estimate of drug-likeness (QED) is 0.698. The normalized spacial score (nSPS) is 30.6. The molecule has 1 saturated carbocycles. The molecule has 94 valence electrons. The molecule has 1 aliphatic heterocycles. The Morgan fingerprint density at radius 3 is 2.81 bits per heavy atom. The van der Waals surface area contributed by atoms with E-state index in [0.29, 0.717) is 0 Å². The first-order valence-electron chi connectivity index (χ1n) is 7.30. The number of nitrogens with one attached hydrogen (secondary N) is 1. The van der Waals surface area contributed by atoms with Gasteiger partial charge in [0.1, 0.15) is 0 Å². The first-order chi connectivity index (χ1) is 7.92. The third-order valence-corrected chi connectivity index (χ3v) is 4.48. The van der Waals surface area contributed by atoms with Gasteiger partial charge in [-0.15, -0.1) is 0 Å². The second kappa shape index (κ2) is 6.61. The van der Waals surface area contributed by atoms with Gasteiger partial charge in [0.05, 0.1) is 0 Å². The molecule has 2 unspecified atom stereocenters. The van der Waals surface area contributed by atoms with Crippen molar-refractivity contribution >= 4 is 0 Å². The van der Waals surface area contributed by atoms with Crippen LogP contribution in [0.2, 0.25) is 0 Å². The second-order valence-electron chi connectivity index (χ2n) is 5.60. The molecule has 1 aliphatic carbocycles. The standard InChI is InChI=1S/C14H28N2/c1-15-10-3-2-4-11-16-12-6-8-13-7-5-9-14(13)16/h13-15H,2-12H2,1H3. The van der Waals surface area contributed by atoms with Crippen LogP contribution in [0.4, 0.5) is 0 Å². The molecule has 16 heavy (non-hydrogen) atoms. The van der Waals surface area contributed by atoms with Gasteiger partial charge in [-0.25, -0.2) is 0 Å². The van der Waals surface area contributed by atoms with Crippen molar-refractivity contribution in [3.63, 3.8) is 0 Å². The van der Waals surface area contributed by atoms with E-state index in [1.165, 1.54) is 71.0 Å². The Balaban J connectivity index is 1.64. The third kappa shape index (κ3) is 3.21. The molecule has 0 aromatic heterocycles. The van der Waals surface area contributed by atoms with Crippen LogP contribution in [-0.4, -0.2) is 37.6 Å². The lowest BCUT2D eigenvalue weighted by Gasteiger charge is -2.37. The molecule has 2 aliphatic rings. The summed E-state index contributed by atoms with van der Waals surface area (Å²) in [6.45, 7) is 3.93. The van der Waals surface area contributed by atoms with Crippen LogP contribution in [0.5, 0.6) is 0 Å². The number of unbranched alkanes of at least 4 members (excludes halogenated alkanes) is 2. The van der Waals surface area contributed by atoms with Gasteiger partial charge in [0.15, 0.2) is 0 Å². The molecule has 0 bridgehead atoms. The van der Waals surface area contributed by atoms with Crippen molar-refractivity contribution in [3.05, 3.63) is 0 Å². The van der Waals surface area contributed by atoms with Crippen molar-refractivity contribution < 1.29 is 0 Å². The van der Waals surface area contributed by atoms with Gasteiger partial charge in [0.25, 0.3) is 0 Å². The van der Waals surface area contributed by atoms with E-state index < -0.39 is 0 Å². The molecule has 1 N–H and O–H groups in total. The second-order valence-corrected chi connectivity index (χ2v) is 5.60. The Kier molecular flexibility index (Phi) is 5.11. The lowest BCUT2D eigenvalue weighted by molar-refractivity contribution is 0.111. The summed E-state index contributed by atoms with van der Waals surface area (Å²) in [5.74, 6) is 1.06. The van der Waals surface area contributed by atoms with Crippen molar-refractivity contribution in [1.29, 1.82) is 0 Å². The molecule has 0 aromatic rings. The predicted molar refractivity (Wildman–Crippen MR) is 69.7 cm³/mol. The average Bonchev–Trinajstić information content (AvgIpc) is 2.77. The van der Waals surface area contributed by atoms with Gasteiger partial charge in [-0.05, 0) is 71.1 Å². The molecule has 2 rings (SSSR count). The molecule has 1 saturated heterocycles. The summed E-state index contributed by atoms with van der Waals surface area (Å²) in [6, 6.07) is 0.970. The zero-order chi connectivity index (χ0) is 11.2. The molecule has 0 spiro atoms. The van der Waals surface area contributed by atoms with Crippen molar-refractivity contribution in [3.8, 4) is 0 Å². The number of nitrogens with zero attached hydrogens (tertiary/aromatic N) is 1. The summed E-state index contributed by atoms with van der Waals surface area (Å²) in [4.78, 5) is 2.81. The number of hydrogen-bond acceptors (Lipinski definition) is 2. The third-order valence-electron chi connectivity index (χ3n) is 4.48. The molecular weight excluding hydrogens is 196 g/mol. The van der Waals surface area contributed by atoms with Crippen LogP contribution in [0.15, 0.2) is 0 Å². The fourth-order valence-corrected chi connectivity index (χ4v) is 3.63. The van der Waals surface area contributed by atoms with E-state index in [2.05, 4.69) is 10.2 Å². The summed E-state index contributed by atoms with van der Waals surface area (Å²) in [5.41, 5.74) is 0. The molecule has 1 heterocycles. The van der Waals surface area contributed by atoms with Crippen molar-refractivity contribution in [2.45, 2.75) is 57.4 Å². The largest absolute Gasteiger partial charge is 0.320 e. The Hall–Kier alpha value is -0.0800. The van der Waals surface area contributed by atoms with E-state index in [1.54, 1.807) is 0 Å². The van der Waals surface area contributed by atoms with Crippen LogP contribution in [0, 0.1) is 5.92 Å². The highest BCUT2D eigenvalue weighted by molar-refractivity contribution is 4.88. The highest BCUT2D eigenvalue weighted by Crippen LogP contribution is 2.36. The van der Waals surface area contributed by atoms with Gasteiger partial charge in [-0.3, -0.25) is 0 Å². The highest BCUT2D eigenvalue weighted by Gasteiger charge is 2.34. The predicted octanol–water partition coefficient (Wildman–Crippen LogP) is 2.64. The van der Waals surface area contributed by atoms with Crippen LogP contribution in [0.25, 0.3) is 0 Å². The lowest BCUT2D eigenvalue weighted by Crippen LogP contribution is -2.42. The lowest BCUT2D eigenvalue weighted by atomic mass is 9.92. The number of piperidine rings is 1. The Bertz CT molecular complexity index is 193. The van der Waals surface area contributed by atoms with E-state index >= 15 is 0 Å². The van der Waals surface area contributed by atoms with Crippen LogP contribution in [-0.2, 0) is 0 Å². The van der Waals surface area contributed by atoms with Gasteiger partial charge in [-0.1, -0.05) is 12.8 Å². The van der Waals surface area contributed by atoms with Gasteiger partial charge in [0, 0.05) is 6.04 Å². The zero-order valence-corrected chi connectivity index (χ0v) is 10.9. The van der Waals surface area contributed by atoms with Gasteiger partial charge in [0.2, 0.25) is 0 Å². The Labute approximate surface area is 101 Å². The molecule has 0 amide bonds. The van der Waals surface area contributed by atoms with Crippen LogP contribution < -0.4 is 5.32 Å². The van der Waals surface area contributed by atoms with Gasteiger partial charge < -0.3 is 10.2 Å². The first kappa shape index (κ1) is 12.4. The summed E-state index contributed by atoms with van der Waals surface area (Å²) in [5, 5.41) is 3.23. The number of likely N-dealkylation sites (tertiary alicyclic amines) is 1. The SMILES string of the molecule is CNCCCCCN1CCCC2CCCC21. The van der Waals surface area contributed by atoms with Crippen LogP contribution >= 0.6 is 0 Å². The highest BCUT2D eigenvalue weighted by atomic mass is 15.2. The summed E-state index contributed by atoms with van der Waals surface area (Å²) in [7, 11) is 2.05. The van der Waals surface area contributed by atoms with Crippen molar-refractivity contribution in [2.75, 3.05) is 26.7 Å². The minimum atomic E-state index is 0.970. The average molecular weight is 224 g/mol. The van der Waals surface area contributed by atoms with E-state index in [1.807, 2.05) is 7.05 Å². The monoisotopic (exact) mass is 224 g/mol. The number of fused-ring (bicyclic) bond motifs is 1. The van der Waals surface area contributed by atoms with E-state index in [4.69, 9.17) is 0 Å². The molecular formula is C14H28N2. The summed E-state index contributed by atoms with van der Waals surface area (Å²) >= 11 is 0. The summed E-state index contributed by atoms with van der Waals surface area (Å²) in [6.07, 6.45) is 11.6. The Morgan fingerprint density at radius 2 is 1.94 bits per heavy atom. The topological polar surface area (TPSA) is 15.3 Å². The zero-order valence-electron chi connectivity index (χ0n) is 10.9. The maximum absolute atomic E-state index is 3.23. The molecule has 2 heteroatoms. The molecule has 0 radical (unpaired) electrons. The Morgan fingerprint density at radius 1 is 1.06 bits per heavy atom. The van der Waals surface area contributed by atoms with Crippen molar-refractivity contribution in [1.82, 2.24) is 10.2 Å². The smallest absolute Gasteiger partial charge is 0.0123 e. The van der Waals surface area contributed by atoms with Crippen LogP contribution in [0.1, 0.15) is 51.4 Å². The van der Waals surface area contributed by atoms with E-state index in [0.717, 1.165) is 12.0 Å². The first-order valence-corrected chi connectivity index (χ1v) is 7.30. The molecule has 0 aromatic carbocycles. The minimum absolute atomic E-state index is 0.970. The maximum atomic E-state index is 3.23. The fourth-order valence-electron chi connectivity index (χ4n) is 3.63. The fraction of sp³-hybridized carbons (Fsp3) is 1.00. The summed E-state index contributed by atoms with van der Waals surface area (Å²) < 4.78 is 0. The molecule has 2 atom stereocenters. The molecule has 2 nitrogen and oxygen atoms in total. The van der Waals surface area contributed by atoms with E-state index in [-0.39, 0.29) is 0 Å². The number of rotatable bonds is 6. The number of hydrogen-bond donors (Lipinski definition) is 1. The van der Waals surface area contributed by atoms with Crippen LogP contribution in [0.3, 0.4) is 0 Å². The minimum Gasteiger partial charge on any atom is -0.320 e.